The van der Waals surface area contributed by atoms with Gasteiger partial charge >= 0.3 is 0 Å². The molecule has 1 heterocycles. The zero-order valence-corrected chi connectivity index (χ0v) is 14.7. The number of hydrogen-bond acceptors (Lipinski definition) is 3. The van der Waals surface area contributed by atoms with Crippen molar-refractivity contribution in [3.8, 4) is 0 Å². The first kappa shape index (κ1) is 19.4. The summed E-state index contributed by atoms with van der Waals surface area (Å²) >= 11 is 0. The molecule has 0 saturated carbocycles. The molecule has 0 aromatic heterocycles. The molecule has 0 aromatic rings. The van der Waals surface area contributed by atoms with Gasteiger partial charge in [-0.2, -0.15) is 0 Å². The Morgan fingerprint density at radius 2 is 1.65 bits per heavy atom. The number of imide groups is 1. The van der Waals surface area contributed by atoms with Crippen molar-refractivity contribution in [2.24, 2.45) is 5.41 Å². The minimum absolute atomic E-state index is 0.0933. The average Bonchev–Trinajstić information content (AvgIpc) is 2.77. The maximum atomic E-state index is 11.7. The van der Waals surface area contributed by atoms with Gasteiger partial charge in [-0.05, 0) is 31.1 Å². The molecule has 5 nitrogen and oxygen atoms in total. The molecule has 1 N–H and O–H groups in total. The van der Waals surface area contributed by atoms with Crippen LogP contribution in [0.4, 0.5) is 0 Å². The quantitative estimate of drug-likeness (QED) is 0.497. The minimum atomic E-state index is -0.233. The van der Waals surface area contributed by atoms with Crippen molar-refractivity contribution in [2.45, 2.75) is 65.7 Å². The topological polar surface area (TPSA) is 66.5 Å². The van der Waals surface area contributed by atoms with Gasteiger partial charge in [-0.1, -0.05) is 33.6 Å². The summed E-state index contributed by atoms with van der Waals surface area (Å²) in [7, 11) is 0. The lowest BCUT2D eigenvalue weighted by Crippen LogP contribution is -2.30. The number of nitrogens with zero attached hydrogens (tertiary/aromatic N) is 1. The third-order valence-electron chi connectivity index (χ3n) is 3.86. The van der Waals surface area contributed by atoms with Crippen LogP contribution in [0.15, 0.2) is 12.2 Å². The van der Waals surface area contributed by atoms with Crippen LogP contribution in [0, 0.1) is 5.41 Å². The Labute approximate surface area is 139 Å². The fourth-order valence-electron chi connectivity index (χ4n) is 2.48. The number of rotatable bonds is 10. The van der Waals surface area contributed by atoms with Crippen LogP contribution in [-0.2, 0) is 14.4 Å². The number of unbranched alkanes of at least 4 members (excludes halogenated alkanes) is 3. The maximum Gasteiger partial charge on any atom is 0.253 e. The van der Waals surface area contributed by atoms with E-state index in [1.54, 1.807) is 0 Å². The minimum Gasteiger partial charge on any atom is -0.356 e. The summed E-state index contributed by atoms with van der Waals surface area (Å²) in [6.45, 7) is 7.87. The predicted molar refractivity (Wildman–Crippen MR) is 90.6 cm³/mol. The molecule has 23 heavy (non-hydrogen) atoms. The van der Waals surface area contributed by atoms with Crippen LogP contribution in [0.1, 0.15) is 65.7 Å². The van der Waals surface area contributed by atoms with Crippen molar-refractivity contribution >= 4 is 17.7 Å². The molecule has 0 aliphatic carbocycles. The Kier molecular flexibility index (Phi) is 8.00. The number of carbonyl (C=O) groups excluding carboxylic acids is 3. The van der Waals surface area contributed by atoms with Crippen LogP contribution >= 0.6 is 0 Å². The second-order valence-electron chi connectivity index (χ2n) is 7.34. The second kappa shape index (κ2) is 9.48. The Balaban J connectivity index is 1.96. The van der Waals surface area contributed by atoms with Crippen molar-refractivity contribution in [1.29, 1.82) is 0 Å². The Morgan fingerprint density at radius 3 is 2.26 bits per heavy atom. The molecule has 1 rings (SSSR count). The molecule has 1 aliphatic heterocycles. The Morgan fingerprint density at radius 1 is 1.00 bits per heavy atom. The molecule has 3 amide bonds. The third-order valence-corrected chi connectivity index (χ3v) is 3.86. The lowest BCUT2D eigenvalue weighted by Gasteiger charge is -2.17. The van der Waals surface area contributed by atoms with Crippen molar-refractivity contribution in [1.82, 2.24) is 10.2 Å². The van der Waals surface area contributed by atoms with Gasteiger partial charge in [0, 0.05) is 31.7 Å². The molecule has 0 aromatic carbocycles. The molecule has 1 aliphatic rings. The monoisotopic (exact) mass is 322 g/mol. The van der Waals surface area contributed by atoms with E-state index in [1.165, 1.54) is 23.5 Å². The van der Waals surface area contributed by atoms with Gasteiger partial charge in [-0.15, -0.1) is 0 Å². The van der Waals surface area contributed by atoms with E-state index in [4.69, 9.17) is 0 Å². The van der Waals surface area contributed by atoms with Crippen LogP contribution in [0.3, 0.4) is 0 Å². The van der Waals surface area contributed by atoms with Gasteiger partial charge < -0.3 is 5.32 Å². The second-order valence-corrected chi connectivity index (χ2v) is 7.34. The molecule has 0 unspecified atom stereocenters. The van der Waals surface area contributed by atoms with Crippen LogP contribution in [0.25, 0.3) is 0 Å². The molecule has 0 saturated heterocycles. The number of carbonyl (C=O) groups is 3. The highest BCUT2D eigenvalue weighted by atomic mass is 16.2. The van der Waals surface area contributed by atoms with E-state index < -0.39 is 0 Å². The van der Waals surface area contributed by atoms with Gasteiger partial charge in [0.1, 0.15) is 0 Å². The molecule has 0 atom stereocenters. The van der Waals surface area contributed by atoms with Gasteiger partial charge in [-0.3, -0.25) is 19.3 Å². The highest BCUT2D eigenvalue weighted by molar-refractivity contribution is 6.12. The zero-order chi connectivity index (χ0) is 17.3. The van der Waals surface area contributed by atoms with E-state index >= 15 is 0 Å². The lowest BCUT2D eigenvalue weighted by atomic mass is 9.90. The van der Waals surface area contributed by atoms with Gasteiger partial charge in [0.05, 0.1) is 0 Å². The van der Waals surface area contributed by atoms with Gasteiger partial charge in [0.25, 0.3) is 11.8 Å². The lowest BCUT2D eigenvalue weighted by molar-refractivity contribution is -0.136. The highest BCUT2D eigenvalue weighted by Crippen LogP contribution is 2.21. The fourth-order valence-corrected chi connectivity index (χ4v) is 2.48. The van der Waals surface area contributed by atoms with Crippen molar-refractivity contribution in [3.05, 3.63) is 12.2 Å². The molecule has 0 radical (unpaired) electrons. The first-order valence-corrected chi connectivity index (χ1v) is 8.60. The predicted octanol–water partition coefficient (Wildman–Crippen LogP) is 2.80. The van der Waals surface area contributed by atoms with Crippen molar-refractivity contribution in [3.63, 3.8) is 0 Å². The largest absolute Gasteiger partial charge is 0.356 e. The number of nitrogens with one attached hydrogen (secondary N) is 1. The van der Waals surface area contributed by atoms with E-state index in [2.05, 4.69) is 26.1 Å². The Hall–Kier alpha value is -1.65. The summed E-state index contributed by atoms with van der Waals surface area (Å²) in [5.74, 6) is -0.373. The highest BCUT2D eigenvalue weighted by Gasteiger charge is 2.22. The summed E-state index contributed by atoms with van der Waals surface area (Å²) in [5.41, 5.74) is 0.359. The third kappa shape index (κ3) is 8.53. The summed E-state index contributed by atoms with van der Waals surface area (Å²) < 4.78 is 0. The molecule has 5 heteroatoms. The van der Waals surface area contributed by atoms with E-state index in [1.807, 2.05) is 0 Å². The normalized spacial score (nSPS) is 14.7. The van der Waals surface area contributed by atoms with E-state index in [-0.39, 0.29) is 17.7 Å². The molecule has 0 fully saturated rings. The number of amides is 3. The first-order valence-electron chi connectivity index (χ1n) is 8.60. The molecular formula is C18H30N2O3. The smallest absolute Gasteiger partial charge is 0.253 e. The average molecular weight is 322 g/mol. The van der Waals surface area contributed by atoms with Crippen molar-refractivity contribution in [2.75, 3.05) is 13.1 Å². The van der Waals surface area contributed by atoms with Crippen molar-refractivity contribution < 1.29 is 14.4 Å². The SMILES string of the molecule is CC(C)(C)CCCCNC(=O)CCCCCN1C(=O)C=CC1=O. The fraction of sp³-hybridized carbons (Fsp3) is 0.722. The van der Waals surface area contributed by atoms with Crippen LogP contribution in [0.5, 0.6) is 0 Å². The van der Waals surface area contributed by atoms with Crippen LogP contribution < -0.4 is 5.32 Å². The maximum absolute atomic E-state index is 11.7. The zero-order valence-electron chi connectivity index (χ0n) is 14.7. The van der Waals surface area contributed by atoms with Crippen LogP contribution in [0.2, 0.25) is 0 Å². The number of hydrogen-bond donors (Lipinski definition) is 1. The Bertz CT molecular complexity index is 432. The standard InChI is InChI=1S/C18H30N2O3/c1-18(2,3)12-6-7-13-19-15(21)9-5-4-8-14-20-16(22)10-11-17(20)23/h10-11H,4-9,12-14H2,1-3H3,(H,19,21). The summed E-state index contributed by atoms with van der Waals surface area (Å²) in [4.78, 5) is 35.6. The molecular weight excluding hydrogens is 292 g/mol. The molecule has 0 spiro atoms. The summed E-state index contributed by atoms with van der Waals surface area (Å²) in [5, 5.41) is 2.95. The van der Waals surface area contributed by atoms with E-state index in [9.17, 15) is 14.4 Å². The summed E-state index contributed by atoms with van der Waals surface area (Å²) in [6.07, 6.45) is 8.82. The first-order chi connectivity index (χ1) is 10.8. The van der Waals surface area contributed by atoms with Gasteiger partial charge in [0.2, 0.25) is 5.91 Å². The van der Waals surface area contributed by atoms with Gasteiger partial charge in [0.15, 0.2) is 0 Å². The van der Waals surface area contributed by atoms with Gasteiger partial charge in [-0.25, -0.2) is 0 Å². The molecule has 0 bridgehead atoms. The van der Waals surface area contributed by atoms with Crippen LogP contribution in [-0.4, -0.2) is 35.7 Å². The van der Waals surface area contributed by atoms with E-state index in [0.29, 0.717) is 18.4 Å². The van der Waals surface area contributed by atoms with E-state index in [0.717, 1.165) is 38.6 Å². The summed E-state index contributed by atoms with van der Waals surface area (Å²) in [6, 6.07) is 0. The molecule has 130 valence electrons.